The molecule has 182 valence electrons. The van der Waals surface area contributed by atoms with Crippen molar-refractivity contribution in [2.75, 3.05) is 6.54 Å². The summed E-state index contributed by atoms with van der Waals surface area (Å²) in [4.78, 5) is 19.9. The number of hydrogen-bond donors (Lipinski definition) is 0. The third kappa shape index (κ3) is 5.54. The fourth-order valence-corrected chi connectivity index (χ4v) is 6.11. The van der Waals surface area contributed by atoms with Crippen LogP contribution in [0.1, 0.15) is 54.3 Å². The molecule has 0 bridgehead atoms. The van der Waals surface area contributed by atoms with Gasteiger partial charge in [0.15, 0.2) is 0 Å². The highest BCUT2D eigenvalue weighted by molar-refractivity contribution is 7.21. The highest BCUT2D eigenvalue weighted by Gasteiger charge is 2.30. The maximum atomic E-state index is 14.4. The summed E-state index contributed by atoms with van der Waals surface area (Å²) in [6.45, 7) is 6.19. The Morgan fingerprint density at radius 2 is 1.86 bits per heavy atom. The van der Waals surface area contributed by atoms with Crippen molar-refractivity contribution in [3.05, 3.63) is 94.1 Å². The molecule has 2 heterocycles. The number of halogens is 3. The van der Waals surface area contributed by atoms with Gasteiger partial charge in [-0.3, -0.25) is 9.78 Å². The molecule has 0 atom stereocenters. The number of carbonyl (C=O) groups is 1. The fourth-order valence-electron chi connectivity index (χ4n) is 4.60. The quantitative estimate of drug-likeness (QED) is 0.299. The Kier molecular flexibility index (Phi) is 8.14. The van der Waals surface area contributed by atoms with E-state index in [0.717, 1.165) is 72.3 Å². The number of thiophene rings is 1. The van der Waals surface area contributed by atoms with Crippen LogP contribution in [-0.2, 0) is 0 Å². The van der Waals surface area contributed by atoms with E-state index >= 15 is 0 Å². The molecule has 0 aliphatic heterocycles. The van der Waals surface area contributed by atoms with Crippen LogP contribution in [0.15, 0.2) is 67.0 Å². The van der Waals surface area contributed by atoms with E-state index in [0.29, 0.717) is 6.54 Å². The molecule has 7 heteroatoms. The van der Waals surface area contributed by atoms with E-state index in [2.05, 4.69) is 11.6 Å². The molecule has 35 heavy (non-hydrogen) atoms. The molecule has 0 unspecified atom stereocenters. The Balaban J connectivity index is 1.70. The number of fused-ring (bicyclic) bond motifs is 1. The van der Waals surface area contributed by atoms with Crippen LogP contribution in [-0.4, -0.2) is 28.4 Å². The van der Waals surface area contributed by atoms with Crippen LogP contribution in [0.3, 0.4) is 0 Å². The Morgan fingerprint density at radius 1 is 1.17 bits per heavy atom. The predicted octanol–water partition coefficient (Wildman–Crippen LogP) is 8.22. The van der Waals surface area contributed by atoms with Gasteiger partial charge < -0.3 is 4.90 Å². The highest BCUT2D eigenvalue weighted by atomic mass is 35.5. The largest absolute Gasteiger partial charge is 0.331 e. The SMILES string of the molecule is C=C/C=C(\C=C(/C)CN(C(=O)c1sc2c(F)ccc(F)c2c1Cl)C1CCCCC1)c1ccncc1. The van der Waals surface area contributed by atoms with Crippen molar-refractivity contribution in [2.24, 2.45) is 0 Å². The summed E-state index contributed by atoms with van der Waals surface area (Å²) in [6.07, 6.45) is 14.1. The number of aromatic nitrogens is 1. The Labute approximate surface area is 213 Å². The molecule has 1 fully saturated rings. The average Bonchev–Trinajstić information content (AvgIpc) is 3.23. The molecule has 1 amide bonds. The van der Waals surface area contributed by atoms with Crippen LogP contribution in [0, 0.1) is 11.6 Å². The van der Waals surface area contributed by atoms with Crippen molar-refractivity contribution in [3.8, 4) is 0 Å². The van der Waals surface area contributed by atoms with Crippen LogP contribution in [0.2, 0.25) is 5.02 Å². The van der Waals surface area contributed by atoms with Crippen molar-refractivity contribution in [3.63, 3.8) is 0 Å². The summed E-state index contributed by atoms with van der Waals surface area (Å²) in [5.41, 5.74) is 2.93. The summed E-state index contributed by atoms with van der Waals surface area (Å²) in [5.74, 6) is -1.49. The average molecular weight is 513 g/mol. The first-order valence-electron chi connectivity index (χ1n) is 11.7. The maximum Gasteiger partial charge on any atom is 0.266 e. The number of hydrogen-bond acceptors (Lipinski definition) is 3. The Hall–Kier alpha value is -2.83. The Morgan fingerprint density at radius 3 is 2.51 bits per heavy atom. The summed E-state index contributed by atoms with van der Waals surface area (Å²) >= 11 is 7.39. The van der Waals surface area contributed by atoms with Gasteiger partial charge in [0.1, 0.15) is 16.5 Å². The van der Waals surface area contributed by atoms with E-state index in [1.165, 1.54) is 0 Å². The lowest BCUT2D eigenvalue weighted by Gasteiger charge is -2.34. The summed E-state index contributed by atoms with van der Waals surface area (Å²) in [5, 5.41) is -0.0387. The van der Waals surface area contributed by atoms with Crippen LogP contribution in [0.25, 0.3) is 15.7 Å². The van der Waals surface area contributed by atoms with Crippen molar-refractivity contribution in [2.45, 2.75) is 45.1 Å². The molecule has 0 radical (unpaired) electrons. The van der Waals surface area contributed by atoms with E-state index < -0.39 is 11.6 Å². The standard InChI is InChI=1S/C28H27ClF2N2OS/c1-3-7-20(19-12-14-32-15-13-19)16-18(2)17-33(21-8-5-4-6-9-21)28(34)27-25(29)24-22(30)10-11-23(31)26(24)35-27/h3,7,10-16,21H,1,4-6,8-9,17H2,2H3/b18-16+,20-7+. The van der Waals surface area contributed by atoms with Gasteiger partial charge in [-0.15, -0.1) is 11.3 Å². The van der Waals surface area contributed by atoms with Gasteiger partial charge in [0.2, 0.25) is 0 Å². The summed E-state index contributed by atoms with van der Waals surface area (Å²) in [7, 11) is 0. The van der Waals surface area contributed by atoms with E-state index in [4.69, 9.17) is 11.6 Å². The summed E-state index contributed by atoms with van der Waals surface area (Å²) in [6, 6.07) is 6.00. The monoisotopic (exact) mass is 512 g/mol. The van der Waals surface area contributed by atoms with E-state index in [9.17, 15) is 13.6 Å². The van der Waals surface area contributed by atoms with Crippen LogP contribution in [0.4, 0.5) is 8.78 Å². The third-order valence-corrected chi connectivity index (χ3v) is 7.96. The molecule has 1 aliphatic rings. The number of rotatable bonds is 7. The molecule has 3 aromatic rings. The summed E-state index contributed by atoms with van der Waals surface area (Å²) < 4.78 is 28.9. The number of amides is 1. The van der Waals surface area contributed by atoms with Crippen LogP contribution >= 0.6 is 22.9 Å². The van der Waals surface area contributed by atoms with Gasteiger partial charge in [-0.25, -0.2) is 8.78 Å². The van der Waals surface area contributed by atoms with Crippen molar-refractivity contribution < 1.29 is 13.6 Å². The van der Waals surface area contributed by atoms with E-state index in [1.807, 2.05) is 36.1 Å². The van der Waals surface area contributed by atoms with Gasteiger partial charge >= 0.3 is 0 Å². The minimum Gasteiger partial charge on any atom is -0.331 e. The van der Waals surface area contributed by atoms with E-state index in [-0.39, 0.29) is 31.9 Å². The lowest BCUT2D eigenvalue weighted by Crippen LogP contribution is -2.42. The van der Waals surface area contributed by atoms with Crippen molar-refractivity contribution >= 4 is 44.5 Å². The van der Waals surface area contributed by atoms with E-state index in [1.54, 1.807) is 18.5 Å². The number of allylic oxidation sites excluding steroid dienone is 4. The first kappa shape index (κ1) is 25.3. The smallest absolute Gasteiger partial charge is 0.266 e. The van der Waals surface area contributed by atoms with Gasteiger partial charge in [-0.2, -0.15) is 0 Å². The number of carbonyl (C=O) groups excluding carboxylic acids is 1. The van der Waals surface area contributed by atoms with Gasteiger partial charge in [-0.05, 0) is 55.2 Å². The zero-order valence-electron chi connectivity index (χ0n) is 19.6. The molecular weight excluding hydrogens is 486 g/mol. The second-order valence-corrected chi connectivity index (χ2v) is 10.2. The molecule has 0 spiro atoms. The molecule has 4 rings (SSSR count). The van der Waals surface area contributed by atoms with Crippen LogP contribution < -0.4 is 0 Å². The number of nitrogens with zero attached hydrogens (tertiary/aromatic N) is 2. The minimum absolute atomic E-state index is 0.0153. The van der Waals surface area contributed by atoms with Gasteiger partial charge in [0.25, 0.3) is 5.91 Å². The van der Waals surface area contributed by atoms with Crippen molar-refractivity contribution in [1.29, 1.82) is 0 Å². The highest BCUT2D eigenvalue weighted by Crippen LogP contribution is 2.40. The zero-order valence-corrected chi connectivity index (χ0v) is 21.1. The number of pyridine rings is 1. The van der Waals surface area contributed by atoms with Gasteiger partial charge in [0, 0.05) is 25.0 Å². The first-order valence-corrected chi connectivity index (χ1v) is 12.9. The minimum atomic E-state index is -0.626. The van der Waals surface area contributed by atoms with Gasteiger partial charge in [0.05, 0.1) is 15.1 Å². The molecule has 1 saturated carbocycles. The lowest BCUT2D eigenvalue weighted by atomic mass is 9.93. The molecule has 1 aromatic carbocycles. The second kappa shape index (κ2) is 11.3. The Bertz CT molecular complexity index is 1290. The molecule has 3 nitrogen and oxygen atoms in total. The molecule has 0 saturated heterocycles. The normalized spacial score (nSPS) is 15.4. The first-order chi connectivity index (χ1) is 16.9. The van der Waals surface area contributed by atoms with Gasteiger partial charge in [-0.1, -0.05) is 61.2 Å². The second-order valence-electron chi connectivity index (χ2n) is 8.79. The molecular formula is C28H27ClF2N2OS. The van der Waals surface area contributed by atoms with Crippen LogP contribution in [0.5, 0.6) is 0 Å². The molecule has 2 aromatic heterocycles. The maximum absolute atomic E-state index is 14.4. The lowest BCUT2D eigenvalue weighted by molar-refractivity contribution is 0.0662. The third-order valence-electron chi connectivity index (χ3n) is 6.29. The predicted molar refractivity (Wildman–Crippen MR) is 141 cm³/mol. The number of benzene rings is 1. The molecule has 0 N–H and O–H groups in total. The molecule has 1 aliphatic carbocycles. The topological polar surface area (TPSA) is 33.2 Å². The zero-order chi connectivity index (χ0) is 24.9. The van der Waals surface area contributed by atoms with Crippen molar-refractivity contribution in [1.82, 2.24) is 9.88 Å². The fraction of sp³-hybridized carbons (Fsp3) is 0.286.